The second kappa shape index (κ2) is 11.4. The summed E-state index contributed by atoms with van der Waals surface area (Å²) in [7, 11) is -4.21. The quantitative estimate of drug-likeness (QED) is 0.0913. The van der Waals surface area contributed by atoms with Crippen molar-refractivity contribution in [2.75, 3.05) is 11.5 Å². The third-order valence-electron chi connectivity index (χ3n) is 5.57. The molecule has 0 aromatic heterocycles. The number of barbiturate groups is 1. The van der Waals surface area contributed by atoms with Crippen LogP contribution in [0.2, 0.25) is 0 Å². The Kier molecular flexibility index (Phi) is 8.20. The van der Waals surface area contributed by atoms with Crippen molar-refractivity contribution in [2.45, 2.75) is 18.7 Å². The number of carbonyl (C=O) groups excluding carboxylic acids is 3. The number of hydrogen-bond donors (Lipinski definition) is 1. The van der Waals surface area contributed by atoms with Gasteiger partial charge >= 0.3 is 16.1 Å². The molecule has 0 radical (unpaired) electrons. The SMILES string of the molecule is CCOc1cc(/C=C2\C(=O)NC(=O)N(c3ccc([N+](=O)[O-])cc3)C2=O)cc(I)c1OS(=O)(=O)c1ccc(C)cc1. The van der Waals surface area contributed by atoms with E-state index in [9.17, 15) is 32.9 Å². The first-order valence-corrected chi connectivity index (χ1v) is 14.0. The normalized spacial score (nSPS) is 14.7. The topological polar surface area (TPSA) is 162 Å². The number of nitrogens with one attached hydrogen (secondary N) is 1. The fourth-order valence-electron chi connectivity index (χ4n) is 3.66. The first-order chi connectivity index (χ1) is 18.9. The number of benzene rings is 3. The van der Waals surface area contributed by atoms with E-state index in [0.29, 0.717) is 8.47 Å². The fourth-order valence-corrected chi connectivity index (χ4v) is 5.50. The minimum atomic E-state index is -4.21. The molecular formula is C26H20IN3O9S. The highest BCUT2D eigenvalue weighted by Crippen LogP contribution is 2.37. The zero-order chi connectivity index (χ0) is 29.2. The number of non-ortho nitro benzene ring substituents is 1. The minimum Gasteiger partial charge on any atom is -0.490 e. The number of anilines is 1. The molecule has 12 nitrogen and oxygen atoms in total. The van der Waals surface area contributed by atoms with Crippen LogP contribution in [0.25, 0.3) is 6.08 Å². The highest BCUT2D eigenvalue weighted by Gasteiger charge is 2.37. The minimum absolute atomic E-state index is 0.0150. The molecule has 4 amide bonds. The van der Waals surface area contributed by atoms with Crippen LogP contribution in [0.3, 0.4) is 0 Å². The zero-order valence-electron chi connectivity index (χ0n) is 20.9. The summed E-state index contributed by atoms with van der Waals surface area (Å²) in [5, 5.41) is 13.0. The molecule has 0 aliphatic carbocycles. The number of halogens is 1. The van der Waals surface area contributed by atoms with Crippen LogP contribution >= 0.6 is 22.6 Å². The first-order valence-electron chi connectivity index (χ1n) is 11.5. The highest BCUT2D eigenvalue weighted by atomic mass is 127. The van der Waals surface area contributed by atoms with Gasteiger partial charge in [0.2, 0.25) is 0 Å². The smallest absolute Gasteiger partial charge is 0.339 e. The molecule has 0 spiro atoms. The molecule has 1 N–H and O–H groups in total. The van der Waals surface area contributed by atoms with Crippen LogP contribution in [0.5, 0.6) is 11.5 Å². The van der Waals surface area contributed by atoms with Gasteiger partial charge in [0, 0.05) is 12.1 Å². The molecule has 0 bridgehead atoms. The molecule has 0 unspecified atom stereocenters. The van der Waals surface area contributed by atoms with Crippen LogP contribution in [-0.2, 0) is 19.7 Å². The maximum absolute atomic E-state index is 13.2. The second-order valence-electron chi connectivity index (χ2n) is 8.34. The number of aryl methyl sites for hydroxylation is 1. The maximum Gasteiger partial charge on any atom is 0.339 e. The van der Waals surface area contributed by atoms with Crippen LogP contribution in [0, 0.1) is 20.6 Å². The van der Waals surface area contributed by atoms with Gasteiger partial charge in [-0.25, -0.2) is 9.69 Å². The molecule has 1 aliphatic heterocycles. The molecule has 3 aromatic rings. The maximum atomic E-state index is 13.2. The van der Waals surface area contributed by atoms with Gasteiger partial charge in [0.1, 0.15) is 10.5 Å². The molecule has 4 rings (SSSR count). The number of rotatable bonds is 8. The first kappa shape index (κ1) is 28.7. The van der Waals surface area contributed by atoms with E-state index in [1.54, 1.807) is 19.1 Å². The summed E-state index contributed by atoms with van der Waals surface area (Å²) >= 11 is 1.84. The molecule has 206 valence electrons. The third kappa shape index (κ3) is 5.96. The highest BCUT2D eigenvalue weighted by molar-refractivity contribution is 14.1. The number of nitro groups is 1. The van der Waals surface area contributed by atoms with Crippen LogP contribution in [0.1, 0.15) is 18.1 Å². The van der Waals surface area contributed by atoms with Gasteiger partial charge in [0.05, 0.1) is 20.8 Å². The monoisotopic (exact) mass is 677 g/mol. The lowest BCUT2D eigenvalue weighted by Crippen LogP contribution is -2.54. The van der Waals surface area contributed by atoms with Crippen molar-refractivity contribution in [3.8, 4) is 11.5 Å². The van der Waals surface area contributed by atoms with Gasteiger partial charge in [0.15, 0.2) is 11.5 Å². The summed E-state index contributed by atoms with van der Waals surface area (Å²) in [6, 6.07) is 12.6. The summed E-state index contributed by atoms with van der Waals surface area (Å²) < 4.78 is 37.1. The van der Waals surface area contributed by atoms with Crippen LogP contribution in [0.15, 0.2) is 71.1 Å². The van der Waals surface area contributed by atoms with Gasteiger partial charge < -0.3 is 8.92 Å². The van der Waals surface area contributed by atoms with E-state index in [0.717, 1.165) is 17.7 Å². The summed E-state index contributed by atoms with van der Waals surface area (Å²) in [6.45, 7) is 3.65. The molecular weight excluding hydrogens is 657 g/mol. The molecule has 1 saturated heterocycles. The van der Waals surface area contributed by atoms with Crippen molar-refractivity contribution in [1.82, 2.24) is 5.32 Å². The molecule has 0 saturated carbocycles. The molecule has 40 heavy (non-hydrogen) atoms. The molecule has 14 heteroatoms. The average molecular weight is 677 g/mol. The van der Waals surface area contributed by atoms with Crippen molar-refractivity contribution >= 4 is 68.0 Å². The van der Waals surface area contributed by atoms with Crippen molar-refractivity contribution in [1.29, 1.82) is 0 Å². The fraction of sp³-hybridized carbons (Fsp3) is 0.115. The van der Waals surface area contributed by atoms with Gasteiger partial charge in [-0.2, -0.15) is 8.42 Å². The van der Waals surface area contributed by atoms with Gasteiger partial charge in [-0.1, -0.05) is 17.7 Å². The number of nitro benzene ring substituents is 1. The molecule has 1 fully saturated rings. The van der Waals surface area contributed by atoms with Crippen LogP contribution in [-0.4, -0.2) is 37.8 Å². The second-order valence-corrected chi connectivity index (χ2v) is 11.1. The summed E-state index contributed by atoms with van der Waals surface area (Å²) in [5.41, 5.74) is 0.518. The predicted molar refractivity (Wildman–Crippen MR) is 151 cm³/mol. The summed E-state index contributed by atoms with van der Waals surface area (Å²) in [5.74, 6) is -1.95. The Hall–Kier alpha value is -4.31. The van der Waals surface area contributed by atoms with Crippen molar-refractivity contribution in [3.63, 3.8) is 0 Å². The Balaban J connectivity index is 1.70. The van der Waals surface area contributed by atoms with Gasteiger partial charge in [0.25, 0.3) is 17.5 Å². The van der Waals surface area contributed by atoms with Crippen molar-refractivity contribution < 1.29 is 36.6 Å². The van der Waals surface area contributed by atoms with E-state index < -0.39 is 38.5 Å². The van der Waals surface area contributed by atoms with E-state index in [1.165, 1.54) is 42.5 Å². The third-order valence-corrected chi connectivity index (χ3v) is 7.60. The zero-order valence-corrected chi connectivity index (χ0v) is 23.9. The van der Waals surface area contributed by atoms with E-state index in [-0.39, 0.29) is 39.9 Å². The Bertz CT molecular complexity index is 1670. The van der Waals surface area contributed by atoms with E-state index in [4.69, 9.17) is 8.92 Å². The molecule has 3 aromatic carbocycles. The average Bonchev–Trinajstić information content (AvgIpc) is 2.89. The van der Waals surface area contributed by atoms with Gasteiger partial charge in [-0.05, 0) is 84.5 Å². The van der Waals surface area contributed by atoms with Gasteiger partial charge in [-0.15, -0.1) is 0 Å². The molecule has 0 atom stereocenters. The lowest BCUT2D eigenvalue weighted by atomic mass is 10.1. The van der Waals surface area contributed by atoms with E-state index >= 15 is 0 Å². The largest absolute Gasteiger partial charge is 0.490 e. The number of imide groups is 2. The predicted octanol–water partition coefficient (Wildman–Crippen LogP) is 4.34. The van der Waals surface area contributed by atoms with Crippen molar-refractivity contribution in [2.24, 2.45) is 0 Å². The van der Waals surface area contributed by atoms with Crippen LogP contribution in [0.4, 0.5) is 16.2 Å². The number of hydrogen-bond acceptors (Lipinski definition) is 9. The van der Waals surface area contributed by atoms with Crippen molar-refractivity contribution in [3.05, 3.63) is 91.0 Å². The van der Waals surface area contributed by atoms with Gasteiger partial charge in [-0.3, -0.25) is 25.0 Å². The number of carbonyl (C=O) groups is 3. The number of nitrogens with zero attached hydrogens (tertiary/aromatic N) is 2. The van der Waals surface area contributed by atoms with E-state index in [2.05, 4.69) is 5.32 Å². The van der Waals surface area contributed by atoms with E-state index in [1.807, 2.05) is 29.5 Å². The summed E-state index contributed by atoms with van der Waals surface area (Å²) in [4.78, 5) is 49.2. The Morgan fingerprint density at radius 1 is 1.05 bits per heavy atom. The molecule has 1 aliphatic rings. The number of ether oxygens (including phenoxy) is 1. The molecule has 1 heterocycles. The lowest BCUT2D eigenvalue weighted by molar-refractivity contribution is -0.384. The number of urea groups is 1. The lowest BCUT2D eigenvalue weighted by Gasteiger charge is -2.26. The summed E-state index contributed by atoms with van der Waals surface area (Å²) in [6.07, 6.45) is 1.21. The Labute approximate surface area is 242 Å². The Morgan fingerprint density at radius 3 is 2.30 bits per heavy atom. The number of amides is 4. The standard InChI is InChI=1S/C26H20IN3O9S/c1-3-38-22-14-16(13-21(27)23(22)39-40(36,37)19-10-4-15(2)5-11-19)12-20-24(31)28-26(33)29(25(20)32)17-6-8-18(9-7-17)30(34)35/h4-14H,3H2,1-2H3,(H,28,31,33)/b20-12+. The Morgan fingerprint density at radius 2 is 1.70 bits per heavy atom. The van der Waals surface area contributed by atoms with Crippen LogP contribution < -0.4 is 19.1 Å².